The van der Waals surface area contributed by atoms with E-state index >= 15 is 0 Å². The zero-order chi connectivity index (χ0) is 23.1. The number of ether oxygens (including phenoxy) is 1. The molecule has 0 saturated heterocycles. The Morgan fingerprint density at radius 1 is 1.09 bits per heavy atom. The van der Waals surface area contributed by atoms with Crippen LogP contribution in [0.25, 0.3) is 0 Å². The number of halogens is 2. The van der Waals surface area contributed by atoms with Gasteiger partial charge in [0.15, 0.2) is 0 Å². The highest BCUT2D eigenvalue weighted by atomic mass is 35.5. The van der Waals surface area contributed by atoms with E-state index in [0.29, 0.717) is 22.2 Å². The molecular weight excluding hydrogens is 447 g/mol. The molecule has 1 aliphatic carbocycles. The van der Waals surface area contributed by atoms with Gasteiger partial charge in [-0.05, 0) is 55.2 Å². The summed E-state index contributed by atoms with van der Waals surface area (Å²) >= 11 is 12.3. The number of nitrogens with zero attached hydrogens (tertiary/aromatic N) is 1. The van der Waals surface area contributed by atoms with Crippen LogP contribution in [0, 0.1) is 0 Å². The first-order chi connectivity index (χ1) is 15.4. The molecular formula is C25H30Cl2N2O3. The van der Waals surface area contributed by atoms with E-state index in [-0.39, 0.29) is 24.3 Å². The number of rotatable bonds is 8. The molecule has 0 spiro atoms. The van der Waals surface area contributed by atoms with Crippen LogP contribution in [0.5, 0.6) is 5.75 Å². The molecule has 32 heavy (non-hydrogen) atoms. The van der Waals surface area contributed by atoms with Gasteiger partial charge >= 0.3 is 0 Å². The highest BCUT2D eigenvalue weighted by Crippen LogP contribution is 2.23. The monoisotopic (exact) mass is 476 g/mol. The zero-order valence-electron chi connectivity index (χ0n) is 18.6. The molecule has 0 bridgehead atoms. The van der Waals surface area contributed by atoms with Crippen molar-refractivity contribution >= 4 is 35.0 Å². The first kappa shape index (κ1) is 24.4. The summed E-state index contributed by atoms with van der Waals surface area (Å²) in [6, 6.07) is 12.2. The van der Waals surface area contributed by atoms with Crippen LogP contribution in [-0.4, -0.2) is 35.9 Å². The van der Waals surface area contributed by atoms with Crippen LogP contribution in [0.1, 0.15) is 50.2 Å². The Balaban J connectivity index is 1.78. The fraction of sp³-hybridized carbons (Fsp3) is 0.440. The molecule has 172 valence electrons. The van der Waals surface area contributed by atoms with Gasteiger partial charge in [-0.25, -0.2) is 0 Å². The minimum absolute atomic E-state index is 0.0905. The molecule has 1 fully saturated rings. The number of carbonyl (C=O) groups is 2. The minimum atomic E-state index is -0.613. The molecule has 1 unspecified atom stereocenters. The summed E-state index contributed by atoms with van der Waals surface area (Å²) in [5, 5.41) is 4.10. The van der Waals surface area contributed by atoms with Gasteiger partial charge in [-0.3, -0.25) is 9.59 Å². The molecule has 2 aromatic carbocycles. The van der Waals surface area contributed by atoms with E-state index in [2.05, 4.69) is 5.32 Å². The van der Waals surface area contributed by atoms with Crippen LogP contribution in [0.15, 0.2) is 42.5 Å². The summed E-state index contributed by atoms with van der Waals surface area (Å²) < 4.78 is 5.22. The van der Waals surface area contributed by atoms with Crippen molar-refractivity contribution in [2.45, 2.75) is 64.1 Å². The molecule has 5 nitrogen and oxygen atoms in total. The average Bonchev–Trinajstić information content (AvgIpc) is 2.79. The Bertz CT molecular complexity index is 927. The number of hydrogen-bond acceptors (Lipinski definition) is 3. The average molecular weight is 477 g/mol. The Kier molecular flexibility index (Phi) is 8.83. The van der Waals surface area contributed by atoms with Crippen molar-refractivity contribution in [3.8, 4) is 5.75 Å². The zero-order valence-corrected chi connectivity index (χ0v) is 20.1. The normalized spacial score (nSPS) is 15.1. The second kappa shape index (κ2) is 11.6. The van der Waals surface area contributed by atoms with Gasteiger partial charge in [0.1, 0.15) is 11.8 Å². The Morgan fingerprint density at radius 3 is 2.41 bits per heavy atom. The van der Waals surface area contributed by atoms with Crippen molar-refractivity contribution in [3.05, 3.63) is 63.6 Å². The molecule has 0 aliphatic heterocycles. The van der Waals surface area contributed by atoms with Crippen molar-refractivity contribution in [1.29, 1.82) is 0 Å². The topological polar surface area (TPSA) is 58.6 Å². The van der Waals surface area contributed by atoms with Crippen LogP contribution in [0.4, 0.5) is 0 Å². The van der Waals surface area contributed by atoms with E-state index in [4.69, 9.17) is 27.9 Å². The lowest BCUT2D eigenvalue weighted by Gasteiger charge is -2.31. The Hall–Kier alpha value is -2.24. The first-order valence-electron chi connectivity index (χ1n) is 11.0. The smallest absolute Gasteiger partial charge is 0.242 e. The van der Waals surface area contributed by atoms with Gasteiger partial charge in [0.25, 0.3) is 0 Å². The molecule has 7 heteroatoms. The number of amides is 2. The summed E-state index contributed by atoms with van der Waals surface area (Å²) in [6.45, 7) is 2.09. The molecule has 1 N–H and O–H groups in total. The van der Waals surface area contributed by atoms with E-state index in [1.165, 1.54) is 6.42 Å². The minimum Gasteiger partial charge on any atom is -0.497 e. The predicted molar refractivity (Wildman–Crippen MR) is 128 cm³/mol. The molecule has 1 atom stereocenters. The predicted octanol–water partition coefficient (Wildman–Crippen LogP) is 5.41. The lowest BCUT2D eigenvalue weighted by atomic mass is 9.95. The number of methoxy groups -OCH3 is 1. The van der Waals surface area contributed by atoms with Gasteiger partial charge < -0.3 is 15.0 Å². The fourth-order valence-corrected chi connectivity index (χ4v) is 4.48. The van der Waals surface area contributed by atoms with Gasteiger partial charge in [0, 0.05) is 22.6 Å². The molecule has 0 aromatic heterocycles. The van der Waals surface area contributed by atoms with Crippen LogP contribution in [0.3, 0.4) is 0 Å². The molecule has 0 radical (unpaired) electrons. The number of nitrogens with one attached hydrogen (secondary N) is 1. The van der Waals surface area contributed by atoms with E-state index in [9.17, 15) is 9.59 Å². The SMILES string of the molecule is COc1ccc(CN(C(=O)Cc2ccc(Cl)cc2Cl)C(C)C(=O)NC2CCCCC2)cc1. The van der Waals surface area contributed by atoms with Crippen molar-refractivity contribution in [1.82, 2.24) is 10.2 Å². The first-order valence-corrected chi connectivity index (χ1v) is 11.8. The lowest BCUT2D eigenvalue weighted by Crippen LogP contribution is -2.50. The summed E-state index contributed by atoms with van der Waals surface area (Å²) in [4.78, 5) is 28.0. The molecule has 2 amide bonds. The third kappa shape index (κ3) is 6.63. The van der Waals surface area contributed by atoms with E-state index in [1.807, 2.05) is 24.3 Å². The molecule has 3 rings (SSSR count). The lowest BCUT2D eigenvalue weighted by molar-refractivity contribution is -0.140. The van der Waals surface area contributed by atoms with Crippen molar-refractivity contribution in [3.63, 3.8) is 0 Å². The second-order valence-corrected chi connectivity index (χ2v) is 9.15. The largest absolute Gasteiger partial charge is 0.497 e. The van der Waals surface area contributed by atoms with Crippen LogP contribution >= 0.6 is 23.2 Å². The fourth-order valence-electron chi connectivity index (χ4n) is 4.01. The van der Waals surface area contributed by atoms with Gasteiger partial charge in [-0.15, -0.1) is 0 Å². The van der Waals surface area contributed by atoms with Crippen molar-refractivity contribution in [2.75, 3.05) is 7.11 Å². The summed E-state index contributed by atoms with van der Waals surface area (Å²) in [5.74, 6) is 0.444. The summed E-state index contributed by atoms with van der Waals surface area (Å²) in [6.07, 6.45) is 5.54. The van der Waals surface area contributed by atoms with Gasteiger partial charge in [0.2, 0.25) is 11.8 Å². The van der Waals surface area contributed by atoms with Gasteiger partial charge in [0.05, 0.1) is 13.5 Å². The highest BCUT2D eigenvalue weighted by Gasteiger charge is 2.28. The Labute approximate surface area is 200 Å². The molecule has 1 aliphatic rings. The molecule has 2 aromatic rings. The Morgan fingerprint density at radius 2 is 1.78 bits per heavy atom. The maximum absolute atomic E-state index is 13.3. The summed E-state index contributed by atoms with van der Waals surface area (Å²) in [5.41, 5.74) is 1.60. The molecule has 1 saturated carbocycles. The quantitative estimate of drug-likeness (QED) is 0.553. The number of benzene rings is 2. The van der Waals surface area contributed by atoms with E-state index in [1.54, 1.807) is 37.1 Å². The number of hydrogen-bond donors (Lipinski definition) is 1. The van der Waals surface area contributed by atoms with Crippen LogP contribution in [-0.2, 0) is 22.6 Å². The van der Waals surface area contributed by atoms with Gasteiger partial charge in [-0.1, -0.05) is 60.7 Å². The summed E-state index contributed by atoms with van der Waals surface area (Å²) in [7, 11) is 1.61. The van der Waals surface area contributed by atoms with Crippen LogP contribution in [0.2, 0.25) is 10.0 Å². The van der Waals surface area contributed by atoms with E-state index in [0.717, 1.165) is 37.0 Å². The third-order valence-corrected chi connectivity index (χ3v) is 6.57. The maximum Gasteiger partial charge on any atom is 0.242 e. The highest BCUT2D eigenvalue weighted by molar-refractivity contribution is 6.35. The third-order valence-electron chi connectivity index (χ3n) is 5.99. The molecule has 0 heterocycles. The second-order valence-electron chi connectivity index (χ2n) is 8.30. The number of carbonyl (C=O) groups excluding carboxylic acids is 2. The standard InChI is InChI=1S/C25H30Cl2N2O3/c1-17(25(31)28-21-6-4-3-5-7-21)29(16-18-8-12-22(32-2)13-9-18)24(30)14-19-10-11-20(26)15-23(19)27/h8-13,15,17,21H,3-7,14,16H2,1-2H3,(H,28,31). The van der Waals surface area contributed by atoms with E-state index < -0.39 is 6.04 Å². The van der Waals surface area contributed by atoms with Crippen molar-refractivity contribution < 1.29 is 14.3 Å². The van der Waals surface area contributed by atoms with Crippen LogP contribution < -0.4 is 10.1 Å². The van der Waals surface area contributed by atoms with Gasteiger partial charge in [-0.2, -0.15) is 0 Å². The van der Waals surface area contributed by atoms with Crippen molar-refractivity contribution in [2.24, 2.45) is 0 Å². The maximum atomic E-state index is 13.3.